The molecule has 1 saturated heterocycles. The molecule has 2 N–H and O–H groups in total. The van der Waals surface area contributed by atoms with E-state index < -0.39 is 0 Å². The molecule has 4 amide bonds. The molecule has 0 aromatic rings. The fourth-order valence-corrected chi connectivity index (χ4v) is 3.47. The predicted octanol–water partition coefficient (Wildman–Crippen LogP) is 1.19. The lowest BCUT2D eigenvalue weighted by Crippen LogP contribution is -2.46. The molecule has 142 valence electrons. The fraction of sp³-hybridized carbons (Fsp3) is 0.833. The van der Waals surface area contributed by atoms with E-state index in [-0.39, 0.29) is 29.8 Å². The largest absolute Gasteiger partial charge is 0.353 e. The standard InChI is InChI=1S/C18H32N4O3/c1-4-21(16(24)18(7-8-18)14(2)3)12-9-19-15(23)13-20-17(25)22-10-5-6-11-22/h14H,4-13H2,1-3H3,(H,19,23)(H,20,25). The Hall–Kier alpha value is -1.79. The van der Waals surface area contributed by atoms with Gasteiger partial charge in [0.2, 0.25) is 11.8 Å². The summed E-state index contributed by atoms with van der Waals surface area (Å²) in [5.41, 5.74) is -0.177. The van der Waals surface area contributed by atoms with Gasteiger partial charge in [0.05, 0.1) is 12.0 Å². The summed E-state index contributed by atoms with van der Waals surface area (Å²) >= 11 is 0. The van der Waals surface area contributed by atoms with E-state index in [1.165, 1.54) is 0 Å². The molecular formula is C18H32N4O3. The van der Waals surface area contributed by atoms with E-state index >= 15 is 0 Å². The average Bonchev–Trinajstić information content (AvgIpc) is 3.23. The molecule has 0 aromatic heterocycles. The molecule has 1 aliphatic carbocycles. The first kappa shape index (κ1) is 19.5. The number of nitrogens with one attached hydrogen (secondary N) is 2. The van der Waals surface area contributed by atoms with Gasteiger partial charge in [0.15, 0.2) is 0 Å². The van der Waals surface area contributed by atoms with Crippen molar-refractivity contribution >= 4 is 17.8 Å². The number of carbonyl (C=O) groups is 3. The highest BCUT2D eigenvalue weighted by Crippen LogP contribution is 2.53. The zero-order chi connectivity index (χ0) is 18.4. The number of carbonyl (C=O) groups excluding carboxylic acids is 3. The number of likely N-dealkylation sites (tertiary alicyclic amines) is 1. The van der Waals surface area contributed by atoms with E-state index in [1.54, 1.807) is 4.90 Å². The number of rotatable bonds is 8. The maximum absolute atomic E-state index is 12.7. The number of hydrogen-bond acceptors (Lipinski definition) is 3. The number of hydrogen-bond donors (Lipinski definition) is 2. The molecule has 0 atom stereocenters. The summed E-state index contributed by atoms with van der Waals surface area (Å²) in [7, 11) is 0. The van der Waals surface area contributed by atoms with Gasteiger partial charge in [-0.05, 0) is 38.5 Å². The second kappa shape index (κ2) is 8.54. The second-order valence-electron chi connectivity index (χ2n) is 7.40. The van der Waals surface area contributed by atoms with E-state index in [0.29, 0.717) is 25.6 Å². The Bertz CT molecular complexity index is 497. The third-order valence-corrected chi connectivity index (χ3v) is 5.49. The van der Waals surface area contributed by atoms with Crippen LogP contribution in [0.1, 0.15) is 46.5 Å². The van der Waals surface area contributed by atoms with E-state index in [2.05, 4.69) is 24.5 Å². The van der Waals surface area contributed by atoms with Gasteiger partial charge in [0, 0.05) is 32.7 Å². The molecule has 2 aliphatic rings. The summed E-state index contributed by atoms with van der Waals surface area (Å²) in [5.74, 6) is 0.340. The van der Waals surface area contributed by atoms with Crippen LogP contribution in [0, 0.1) is 11.3 Å². The van der Waals surface area contributed by atoms with Crippen molar-refractivity contribution in [3.05, 3.63) is 0 Å². The lowest BCUT2D eigenvalue weighted by molar-refractivity contribution is -0.138. The topological polar surface area (TPSA) is 81.8 Å². The SMILES string of the molecule is CCN(CCNC(=O)CNC(=O)N1CCCC1)C(=O)C1(C(C)C)CC1. The van der Waals surface area contributed by atoms with E-state index in [0.717, 1.165) is 38.8 Å². The van der Waals surface area contributed by atoms with Crippen molar-refractivity contribution in [2.24, 2.45) is 11.3 Å². The van der Waals surface area contributed by atoms with Gasteiger partial charge >= 0.3 is 6.03 Å². The van der Waals surface area contributed by atoms with Gasteiger partial charge in [-0.3, -0.25) is 9.59 Å². The van der Waals surface area contributed by atoms with Crippen molar-refractivity contribution < 1.29 is 14.4 Å². The van der Waals surface area contributed by atoms with Crippen LogP contribution in [-0.2, 0) is 9.59 Å². The molecule has 0 unspecified atom stereocenters. The van der Waals surface area contributed by atoms with E-state index in [1.807, 2.05) is 11.8 Å². The van der Waals surface area contributed by atoms with Gasteiger partial charge in [-0.15, -0.1) is 0 Å². The van der Waals surface area contributed by atoms with Crippen LogP contribution in [0.25, 0.3) is 0 Å². The summed E-state index contributed by atoms with van der Waals surface area (Å²) < 4.78 is 0. The molecular weight excluding hydrogens is 320 g/mol. The molecule has 0 aromatic carbocycles. The van der Waals surface area contributed by atoms with Gasteiger partial charge in [0.25, 0.3) is 0 Å². The Morgan fingerprint density at radius 1 is 1.12 bits per heavy atom. The summed E-state index contributed by atoms with van der Waals surface area (Å²) in [6.45, 7) is 9.23. The summed E-state index contributed by atoms with van der Waals surface area (Å²) in [4.78, 5) is 39.9. The third kappa shape index (κ3) is 4.86. The van der Waals surface area contributed by atoms with Crippen molar-refractivity contribution in [3.63, 3.8) is 0 Å². The molecule has 0 spiro atoms. The monoisotopic (exact) mass is 352 g/mol. The van der Waals surface area contributed by atoms with Gasteiger partial charge in [-0.1, -0.05) is 13.8 Å². The van der Waals surface area contributed by atoms with Crippen molar-refractivity contribution in [3.8, 4) is 0 Å². The molecule has 0 radical (unpaired) electrons. The Balaban J connectivity index is 1.67. The first-order valence-corrected chi connectivity index (χ1v) is 9.49. The van der Waals surface area contributed by atoms with Crippen LogP contribution in [0.15, 0.2) is 0 Å². The molecule has 1 heterocycles. The van der Waals surface area contributed by atoms with Gasteiger partial charge < -0.3 is 20.4 Å². The molecule has 0 bridgehead atoms. The van der Waals surface area contributed by atoms with E-state index in [9.17, 15) is 14.4 Å². The summed E-state index contributed by atoms with van der Waals surface area (Å²) in [5, 5.41) is 5.43. The van der Waals surface area contributed by atoms with Crippen LogP contribution in [0.4, 0.5) is 4.79 Å². The number of urea groups is 1. The number of nitrogens with zero attached hydrogens (tertiary/aromatic N) is 2. The van der Waals surface area contributed by atoms with Crippen molar-refractivity contribution in [1.82, 2.24) is 20.4 Å². The number of likely N-dealkylation sites (N-methyl/N-ethyl adjacent to an activating group) is 1. The van der Waals surface area contributed by atoms with Crippen LogP contribution in [0.3, 0.4) is 0 Å². The Labute approximate surface area is 150 Å². The second-order valence-corrected chi connectivity index (χ2v) is 7.40. The Kier molecular flexibility index (Phi) is 6.67. The average molecular weight is 352 g/mol. The zero-order valence-corrected chi connectivity index (χ0v) is 15.8. The van der Waals surface area contributed by atoms with Crippen molar-refractivity contribution in [2.45, 2.75) is 46.5 Å². The highest BCUT2D eigenvalue weighted by molar-refractivity contribution is 5.86. The Morgan fingerprint density at radius 3 is 2.28 bits per heavy atom. The highest BCUT2D eigenvalue weighted by Gasteiger charge is 2.53. The molecule has 7 heteroatoms. The molecule has 2 fully saturated rings. The molecule has 25 heavy (non-hydrogen) atoms. The molecule has 1 saturated carbocycles. The van der Waals surface area contributed by atoms with E-state index in [4.69, 9.17) is 0 Å². The number of amides is 4. The minimum atomic E-state index is -0.221. The van der Waals surface area contributed by atoms with Crippen LogP contribution < -0.4 is 10.6 Å². The fourth-order valence-electron chi connectivity index (χ4n) is 3.47. The van der Waals surface area contributed by atoms with Gasteiger partial charge in [-0.25, -0.2) is 4.79 Å². The first-order valence-electron chi connectivity index (χ1n) is 9.49. The lowest BCUT2D eigenvalue weighted by atomic mass is 9.91. The maximum atomic E-state index is 12.7. The van der Waals surface area contributed by atoms with Crippen LogP contribution in [-0.4, -0.2) is 66.9 Å². The van der Waals surface area contributed by atoms with Crippen molar-refractivity contribution in [1.29, 1.82) is 0 Å². The Morgan fingerprint density at radius 2 is 1.76 bits per heavy atom. The molecule has 1 aliphatic heterocycles. The minimum absolute atomic E-state index is 0.0225. The van der Waals surface area contributed by atoms with Gasteiger partial charge in [-0.2, -0.15) is 0 Å². The summed E-state index contributed by atoms with van der Waals surface area (Å²) in [6.07, 6.45) is 3.99. The highest BCUT2D eigenvalue weighted by atomic mass is 16.2. The van der Waals surface area contributed by atoms with Gasteiger partial charge in [0.1, 0.15) is 0 Å². The molecule has 2 rings (SSSR count). The predicted molar refractivity (Wildman–Crippen MR) is 96.0 cm³/mol. The van der Waals surface area contributed by atoms with Crippen LogP contribution >= 0.6 is 0 Å². The van der Waals surface area contributed by atoms with Crippen molar-refractivity contribution in [2.75, 3.05) is 39.3 Å². The smallest absolute Gasteiger partial charge is 0.317 e. The normalized spacial score (nSPS) is 18.2. The first-order chi connectivity index (χ1) is 11.9. The molecule has 7 nitrogen and oxygen atoms in total. The zero-order valence-electron chi connectivity index (χ0n) is 15.8. The summed E-state index contributed by atoms with van der Waals surface area (Å²) in [6, 6.07) is -0.175. The van der Waals surface area contributed by atoms with Crippen LogP contribution in [0.2, 0.25) is 0 Å². The maximum Gasteiger partial charge on any atom is 0.317 e. The quantitative estimate of drug-likeness (QED) is 0.688. The van der Waals surface area contributed by atoms with Crippen LogP contribution in [0.5, 0.6) is 0 Å². The third-order valence-electron chi connectivity index (χ3n) is 5.49. The minimum Gasteiger partial charge on any atom is -0.353 e. The lowest BCUT2D eigenvalue weighted by Gasteiger charge is -2.28.